The zero-order chi connectivity index (χ0) is 16.0. The number of hydrogen-bond donors (Lipinski definition) is 3. The fourth-order valence-electron chi connectivity index (χ4n) is 2.07. The first kappa shape index (κ1) is 17.3. The Hall–Kier alpha value is -1.75. The van der Waals surface area contributed by atoms with Crippen LogP contribution in [0.5, 0.6) is 5.75 Å². The van der Waals surface area contributed by atoms with Crippen LogP contribution in [-0.2, 0) is 0 Å². The van der Waals surface area contributed by atoms with Gasteiger partial charge in [0.1, 0.15) is 5.75 Å². The number of amides is 1. The van der Waals surface area contributed by atoms with Gasteiger partial charge in [0, 0.05) is 18.2 Å². The summed E-state index contributed by atoms with van der Waals surface area (Å²) in [4.78, 5) is 12.3. The van der Waals surface area contributed by atoms with Gasteiger partial charge in [-0.05, 0) is 37.0 Å². The quantitative estimate of drug-likeness (QED) is 0.702. The van der Waals surface area contributed by atoms with Crippen molar-refractivity contribution in [2.24, 2.45) is 5.41 Å². The smallest absolute Gasteiger partial charge is 0.251 e. The van der Waals surface area contributed by atoms with Crippen LogP contribution in [0.4, 0.5) is 5.69 Å². The van der Waals surface area contributed by atoms with Crippen molar-refractivity contribution in [3.8, 4) is 5.75 Å². The lowest BCUT2D eigenvalue weighted by atomic mass is 9.84. The molecule has 5 heteroatoms. The lowest BCUT2D eigenvalue weighted by Crippen LogP contribution is -2.44. The maximum atomic E-state index is 12.3. The van der Waals surface area contributed by atoms with Crippen molar-refractivity contribution < 1.29 is 14.6 Å². The number of nitrogens with one attached hydrogen (secondary N) is 1. The molecule has 1 aromatic rings. The zero-order valence-corrected chi connectivity index (χ0v) is 13.3. The van der Waals surface area contributed by atoms with Crippen molar-refractivity contribution in [1.29, 1.82) is 0 Å². The van der Waals surface area contributed by atoms with Crippen molar-refractivity contribution in [3.63, 3.8) is 0 Å². The Morgan fingerprint density at radius 3 is 2.57 bits per heavy atom. The highest BCUT2D eigenvalue weighted by Crippen LogP contribution is 2.24. The molecule has 1 rings (SSSR count). The van der Waals surface area contributed by atoms with Gasteiger partial charge in [0.2, 0.25) is 0 Å². The summed E-state index contributed by atoms with van der Waals surface area (Å²) in [5.41, 5.74) is 6.68. The van der Waals surface area contributed by atoms with E-state index in [-0.39, 0.29) is 24.0 Å². The van der Waals surface area contributed by atoms with Crippen LogP contribution in [0.3, 0.4) is 0 Å². The van der Waals surface area contributed by atoms with E-state index in [0.29, 0.717) is 30.0 Å². The number of aliphatic hydroxyl groups is 1. The normalized spacial score (nSPS) is 12.8. The van der Waals surface area contributed by atoms with Crippen molar-refractivity contribution >= 4 is 11.6 Å². The summed E-state index contributed by atoms with van der Waals surface area (Å²) in [6.07, 6.45) is 0.516. The van der Waals surface area contributed by atoms with Crippen LogP contribution in [0.15, 0.2) is 18.2 Å². The topological polar surface area (TPSA) is 84.6 Å². The molecule has 118 valence electrons. The molecule has 1 amide bonds. The Balaban J connectivity index is 2.85. The average Bonchev–Trinajstić information content (AvgIpc) is 2.39. The molecule has 5 nitrogen and oxygen atoms in total. The second-order valence-electron chi connectivity index (χ2n) is 6.09. The number of benzene rings is 1. The number of nitrogen functional groups attached to an aromatic ring is 1. The molecular weight excluding hydrogens is 268 g/mol. The van der Waals surface area contributed by atoms with Gasteiger partial charge in [-0.1, -0.05) is 20.8 Å². The van der Waals surface area contributed by atoms with E-state index in [1.807, 2.05) is 27.7 Å². The number of nitrogens with two attached hydrogens (primary N) is 1. The average molecular weight is 294 g/mol. The molecule has 21 heavy (non-hydrogen) atoms. The number of aliphatic hydroxyl groups excluding tert-OH is 1. The van der Waals surface area contributed by atoms with E-state index >= 15 is 0 Å². The maximum absolute atomic E-state index is 12.3. The molecule has 0 fully saturated rings. The van der Waals surface area contributed by atoms with Crippen LogP contribution in [0, 0.1) is 5.41 Å². The van der Waals surface area contributed by atoms with E-state index in [1.54, 1.807) is 18.2 Å². The van der Waals surface area contributed by atoms with Crippen LogP contribution >= 0.6 is 0 Å². The third-order valence-electron chi connectivity index (χ3n) is 3.34. The van der Waals surface area contributed by atoms with E-state index < -0.39 is 0 Å². The Bertz CT molecular complexity index is 481. The molecule has 0 aromatic heterocycles. The molecule has 1 aromatic carbocycles. The molecule has 1 unspecified atom stereocenters. The van der Waals surface area contributed by atoms with Gasteiger partial charge in [0.25, 0.3) is 5.91 Å². The number of anilines is 1. The Morgan fingerprint density at radius 1 is 1.43 bits per heavy atom. The van der Waals surface area contributed by atoms with Crippen molar-refractivity contribution in [2.45, 2.75) is 40.2 Å². The third-order valence-corrected chi connectivity index (χ3v) is 3.34. The van der Waals surface area contributed by atoms with Gasteiger partial charge in [-0.15, -0.1) is 0 Å². The minimum Gasteiger partial charge on any atom is -0.492 e. The number of hydrogen-bond acceptors (Lipinski definition) is 4. The number of ether oxygens (including phenoxy) is 1. The van der Waals surface area contributed by atoms with Gasteiger partial charge >= 0.3 is 0 Å². The monoisotopic (exact) mass is 294 g/mol. The maximum Gasteiger partial charge on any atom is 0.251 e. The number of carbonyl (C=O) groups is 1. The largest absolute Gasteiger partial charge is 0.492 e. The molecule has 0 saturated carbocycles. The summed E-state index contributed by atoms with van der Waals surface area (Å²) in [7, 11) is 0. The van der Waals surface area contributed by atoms with E-state index in [4.69, 9.17) is 15.6 Å². The molecule has 1 atom stereocenters. The highest BCUT2D eigenvalue weighted by Gasteiger charge is 2.26. The van der Waals surface area contributed by atoms with E-state index in [1.165, 1.54) is 0 Å². The lowest BCUT2D eigenvalue weighted by Gasteiger charge is -2.31. The van der Waals surface area contributed by atoms with E-state index in [2.05, 4.69) is 5.32 Å². The Kier molecular flexibility index (Phi) is 6.03. The molecule has 0 aliphatic carbocycles. The van der Waals surface area contributed by atoms with Crippen LogP contribution < -0.4 is 15.8 Å². The van der Waals surface area contributed by atoms with Gasteiger partial charge in [-0.3, -0.25) is 4.79 Å². The fourth-order valence-corrected chi connectivity index (χ4v) is 2.07. The van der Waals surface area contributed by atoms with Crippen LogP contribution in [0.1, 0.15) is 44.5 Å². The van der Waals surface area contributed by atoms with Crippen molar-refractivity contribution in [3.05, 3.63) is 23.8 Å². The molecule has 0 bridgehead atoms. The number of rotatable bonds is 6. The molecule has 0 radical (unpaired) electrons. The van der Waals surface area contributed by atoms with Crippen LogP contribution in [0.2, 0.25) is 0 Å². The van der Waals surface area contributed by atoms with Gasteiger partial charge < -0.3 is 20.9 Å². The van der Waals surface area contributed by atoms with Gasteiger partial charge in [0.05, 0.1) is 12.3 Å². The SMILES string of the molecule is CCOc1ccc(C(=O)NC(CCO)C(C)(C)C)cc1N. The zero-order valence-electron chi connectivity index (χ0n) is 13.3. The standard InChI is InChI=1S/C16H26N2O3/c1-5-21-13-7-6-11(10-12(13)17)15(20)18-14(8-9-19)16(2,3)4/h6-7,10,14,19H,5,8-9,17H2,1-4H3,(H,18,20). The fraction of sp³-hybridized carbons (Fsp3) is 0.562. The van der Waals surface area contributed by atoms with Gasteiger partial charge in [0.15, 0.2) is 0 Å². The van der Waals surface area contributed by atoms with Crippen molar-refractivity contribution in [1.82, 2.24) is 5.32 Å². The van der Waals surface area contributed by atoms with E-state index in [9.17, 15) is 4.79 Å². The van der Waals surface area contributed by atoms with Crippen molar-refractivity contribution in [2.75, 3.05) is 18.9 Å². The molecular formula is C16H26N2O3. The summed E-state index contributed by atoms with van der Waals surface area (Å²) < 4.78 is 5.36. The lowest BCUT2D eigenvalue weighted by molar-refractivity contribution is 0.0885. The summed E-state index contributed by atoms with van der Waals surface area (Å²) in [5, 5.41) is 12.1. The molecule has 4 N–H and O–H groups in total. The summed E-state index contributed by atoms with van der Waals surface area (Å²) >= 11 is 0. The minimum absolute atomic E-state index is 0.0354. The summed E-state index contributed by atoms with van der Waals surface area (Å²) in [6.45, 7) is 8.52. The third kappa shape index (κ3) is 4.93. The summed E-state index contributed by atoms with van der Waals surface area (Å²) in [5.74, 6) is 0.384. The van der Waals surface area contributed by atoms with Gasteiger partial charge in [-0.25, -0.2) is 0 Å². The Morgan fingerprint density at radius 2 is 2.10 bits per heavy atom. The predicted molar refractivity (Wildman–Crippen MR) is 84.4 cm³/mol. The number of carbonyl (C=O) groups excluding carboxylic acids is 1. The molecule has 0 spiro atoms. The molecule has 0 saturated heterocycles. The Labute approximate surface area is 126 Å². The first-order chi connectivity index (χ1) is 9.79. The highest BCUT2D eigenvalue weighted by molar-refractivity contribution is 5.95. The molecule has 0 aliphatic heterocycles. The predicted octanol–water partition coefficient (Wildman–Crippen LogP) is 2.19. The first-order valence-electron chi connectivity index (χ1n) is 7.23. The first-order valence-corrected chi connectivity index (χ1v) is 7.23. The van der Waals surface area contributed by atoms with Gasteiger partial charge in [-0.2, -0.15) is 0 Å². The second-order valence-corrected chi connectivity index (χ2v) is 6.09. The molecule has 0 heterocycles. The summed E-state index contributed by atoms with van der Waals surface area (Å²) in [6, 6.07) is 4.89. The van der Waals surface area contributed by atoms with Crippen LogP contribution in [-0.4, -0.2) is 30.3 Å². The van der Waals surface area contributed by atoms with Crippen LogP contribution in [0.25, 0.3) is 0 Å². The molecule has 0 aliphatic rings. The van der Waals surface area contributed by atoms with E-state index in [0.717, 1.165) is 0 Å². The second kappa shape index (κ2) is 7.31. The minimum atomic E-state index is -0.196. The highest BCUT2D eigenvalue weighted by atomic mass is 16.5.